The molecule has 96 valence electrons. The second-order valence-corrected chi connectivity index (χ2v) is 4.48. The Bertz CT molecular complexity index is 389. The van der Waals surface area contributed by atoms with Crippen LogP contribution in [0.5, 0.6) is 0 Å². The Hall–Kier alpha value is -1.07. The van der Waals surface area contributed by atoms with Crippen LogP contribution in [0, 0.1) is 0 Å². The predicted molar refractivity (Wildman–Crippen MR) is 68.4 cm³/mol. The number of halogens is 1. The van der Waals surface area contributed by atoms with Crippen molar-refractivity contribution in [3.63, 3.8) is 0 Å². The zero-order valence-electron chi connectivity index (χ0n) is 10.1. The van der Waals surface area contributed by atoms with E-state index in [9.17, 15) is 4.79 Å². The van der Waals surface area contributed by atoms with Gasteiger partial charge in [0.25, 0.3) is 5.91 Å². The molecule has 1 aliphatic carbocycles. The van der Waals surface area contributed by atoms with Crippen molar-refractivity contribution in [2.45, 2.75) is 31.7 Å². The van der Waals surface area contributed by atoms with Crippen molar-refractivity contribution in [3.05, 3.63) is 17.5 Å². The number of H-pyrrole nitrogens is 1. The maximum atomic E-state index is 12.0. The van der Waals surface area contributed by atoms with Gasteiger partial charge < -0.3 is 10.6 Å². The number of nitrogens with zero attached hydrogens (tertiary/aromatic N) is 2. The number of carbonyl (C=O) groups is 1. The lowest BCUT2D eigenvalue weighted by Crippen LogP contribution is -2.39. The fraction of sp³-hybridized carbons (Fsp3) is 0.636. The van der Waals surface area contributed by atoms with E-state index in [4.69, 9.17) is 5.73 Å². The minimum absolute atomic E-state index is 0. The number of aromatic nitrogens is 2. The third-order valence-electron chi connectivity index (χ3n) is 3.16. The first-order valence-corrected chi connectivity index (χ1v) is 5.66. The Morgan fingerprint density at radius 1 is 1.71 bits per heavy atom. The molecule has 3 N–H and O–H groups in total. The Labute approximate surface area is 107 Å². The summed E-state index contributed by atoms with van der Waals surface area (Å²) in [6.07, 6.45) is 2.40. The van der Waals surface area contributed by atoms with Gasteiger partial charge in [0, 0.05) is 31.2 Å². The van der Waals surface area contributed by atoms with Gasteiger partial charge in [0.15, 0.2) is 0 Å². The molecule has 0 radical (unpaired) electrons. The molecule has 0 aliphatic heterocycles. The van der Waals surface area contributed by atoms with Gasteiger partial charge in [-0.2, -0.15) is 5.10 Å². The highest BCUT2D eigenvalue weighted by Crippen LogP contribution is 2.39. The molecule has 1 heterocycles. The first-order valence-electron chi connectivity index (χ1n) is 5.66. The number of rotatable bonds is 4. The molecule has 1 saturated carbocycles. The van der Waals surface area contributed by atoms with E-state index < -0.39 is 0 Å². The van der Waals surface area contributed by atoms with Crippen molar-refractivity contribution in [2.75, 3.05) is 13.6 Å². The van der Waals surface area contributed by atoms with E-state index in [0.717, 1.165) is 5.69 Å². The molecule has 1 aliphatic rings. The van der Waals surface area contributed by atoms with E-state index in [2.05, 4.69) is 10.2 Å². The second kappa shape index (κ2) is 5.51. The topological polar surface area (TPSA) is 75.0 Å². The minimum Gasteiger partial charge on any atom is -0.336 e. The molecular formula is C11H19ClN4O. The summed E-state index contributed by atoms with van der Waals surface area (Å²) in [4.78, 5) is 13.6. The van der Waals surface area contributed by atoms with Crippen LogP contribution < -0.4 is 5.73 Å². The number of nitrogens with one attached hydrogen (secondary N) is 1. The van der Waals surface area contributed by atoms with Crippen LogP contribution in [0.4, 0.5) is 0 Å². The van der Waals surface area contributed by atoms with Crippen LogP contribution in [-0.2, 0) is 0 Å². The molecule has 0 saturated heterocycles. The number of nitrogens with two attached hydrogens (primary N) is 1. The highest BCUT2D eigenvalue weighted by Gasteiger charge is 2.27. The van der Waals surface area contributed by atoms with Crippen molar-refractivity contribution in [1.29, 1.82) is 0 Å². The van der Waals surface area contributed by atoms with Gasteiger partial charge in [-0.3, -0.25) is 9.89 Å². The molecule has 1 unspecified atom stereocenters. The third kappa shape index (κ3) is 2.98. The van der Waals surface area contributed by atoms with Crippen LogP contribution in [0.15, 0.2) is 6.07 Å². The third-order valence-corrected chi connectivity index (χ3v) is 3.16. The molecule has 0 bridgehead atoms. The first-order chi connectivity index (χ1) is 7.63. The van der Waals surface area contributed by atoms with Crippen molar-refractivity contribution in [1.82, 2.24) is 15.1 Å². The molecule has 1 atom stereocenters. The summed E-state index contributed by atoms with van der Waals surface area (Å²) in [5.74, 6) is 0.521. The monoisotopic (exact) mass is 258 g/mol. The summed E-state index contributed by atoms with van der Waals surface area (Å²) in [5.41, 5.74) is 7.10. The lowest BCUT2D eigenvalue weighted by Gasteiger charge is -2.22. The summed E-state index contributed by atoms with van der Waals surface area (Å²) < 4.78 is 0. The Morgan fingerprint density at radius 2 is 2.35 bits per heavy atom. The Morgan fingerprint density at radius 3 is 2.88 bits per heavy atom. The van der Waals surface area contributed by atoms with Gasteiger partial charge in [-0.15, -0.1) is 12.4 Å². The van der Waals surface area contributed by atoms with Crippen LogP contribution in [0.1, 0.15) is 41.9 Å². The van der Waals surface area contributed by atoms with Crippen LogP contribution in [0.3, 0.4) is 0 Å². The number of amides is 1. The van der Waals surface area contributed by atoms with E-state index in [0.29, 0.717) is 18.2 Å². The van der Waals surface area contributed by atoms with Crippen LogP contribution >= 0.6 is 12.4 Å². The van der Waals surface area contributed by atoms with E-state index in [1.54, 1.807) is 11.9 Å². The zero-order valence-corrected chi connectivity index (χ0v) is 11.0. The lowest BCUT2D eigenvalue weighted by molar-refractivity contribution is 0.0742. The first kappa shape index (κ1) is 14.0. The Kier molecular flexibility index (Phi) is 4.54. The van der Waals surface area contributed by atoms with Gasteiger partial charge in [0.1, 0.15) is 5.69 Å². The van der Waals surface area contributed by atoms with Gasteiger partial charge in [0.05, 0.1) is 0 Å². The number of aromatic amines is 1. The van der Waals surface area contributed by atoms with E-state index in [-0.39, 0.29) is 24.4 Å². The zero-order chi connectivity index (χ0) is 11.7. The van der Waals surface area contributed by atoms with E-state index in [1.807, 2.05) is 13.0 Å². The molecular weight excluding hydrogens is 240 g/mol. The smallest absolute Gasteiger partial charge is 0.274 e. The SMILES string of the molecule is CC(CN)N(C)C(=O)c1cc(C2CC2)[nH]n1.Cl. The van der Waals surface area contributed by atoms with Gasteiger partial charge in [0.2, 0.25) is 0 Å². The van der Waals surface area contributed by atoms with Gasteiger partial charge in [-0.05, 0) is 25.8 Å². The lowest BCUT2D eigenvalue weighted by atomic mass is 10.2. The highest BCUT2D eigenvalue weighted by atomic mass is 35.5. The largest absolute Gasteiger partial charge is 0.336 e. The predicted octanol–water partition coefficient (Wildman–Crippen LogP) is 1.13. The van der Waals surface area contributed by atoms with Crippen LogP contribution in [0.2, 0.25) is 0 Å². The fourth-order valence-corrected chi connectivity index (χ4v) is 1.59. The number of carbonyl (C=O) groups excluding carboxylic acids is 1. The van der Waals surface area contributed by atoms with Crippen molar-refractivity contribution in [2.24, 2.45) is 5.73 Å². The van der Waals surface area contributed by atoms with Crippen molar-refractivity contribution in [3.8, 4) is 0 Å². The normalized spacial score (nSPS) is 16.2. The molecule has 1 aromatic heterocycles. The molecule has 5 nitrogen and oxygen atoms in total. The summed E-state index contributed by atoms with van der Waals surface area (Å²) in [6, 6.07) is 1.90. The van der Waals surface area contributed by atoms with E-state index >= 15 is 0 Å². The van der Waals surface area contributed by atoms with E-state index in [1.165, 1.54) is 12.8 Å². The number of hydrogen-bond acceptors (Lipinski definition) is 3. The second-order valence-electron chi connectivity index (χ2n) is 4.48. The molecule has 0 spiro atoms. The van der Waals surface area contributed by atoms with Crippen molar-refractivity contribution < 1.29 is 4.79 Å². The maximum Gasteiger partial charge on any atom is 0.274 e. The van der Waals surface area contributed by atoms with Gasteiger partial charge in [-0.1, -0.05) is 0 Å². The summed E-state index contributed by atoms with van der Waals surface area (Å²) in [7, 11) is 1.76. The number of hydrogen-bond donors (Lipinski definition) is 2. The summed E-state index contributed by atoms with van der Waals surface area (Å²) in [6.45, 7) is 2.38. The summed E-state index contributed by atoms with van der Waals surface area (Å²) in [5, 5.41) is 6.99. The van der Waals surface area contributed by atoms with Crippen molar-refractivity contribution >= 4 is 18.3 Å². The molecule has 0 aromatic carbocycles. The molecule has 1 amide bonds. The molecule has 6 heteroatoms. The Balaban J connectivity index is 0.00000144. The molecule has 2 rings (SSSR count). The summed E-state index contributed by atoms with van der Waals surface area (Å²) >= 11 is 0. The van der Waals surface area contributed by atoms with Gasteiger partial charge in [-0.25, -0.2) is 0 Å². The minimum atomic E-state index is -0.0684. The molecule has 1 fully saturated rings. The average Bonchev–Trinajstić information content (AvgIpc) is 3.04. The fourth-order valence-electron chi connectivity index (χ4n) is 1.59. The van der Waals surface area contributed by atoms with Crippen LogP contribution in [0.25, 0.3) is 0 Å². The number of likely N-dealkylation sites (N-methyl/N-ethyl adjacent to an activating group) is 1. The highest BCUT2D eigenvalue weighted by molar-refractivity contribution is 5.92. The maximum absolute atomic E-state index is 12.0. The molecule has 17 heavy (non-hydrogen) atoms. The quantitative estimate of drug-likeness (QED) is 0.850. The van der Waals surface area contributed by atoms with Gasteiger partial charge >= 0.3 is 0 Å². The standard InChI is InChI=1S/C11H18N4O.ClH/c1-7(6-12)15(2)11(16)10-5-9(13-14-10)8-3-4-8;/h5,7-8H,3-4,6,12H2,1-2H3,(H,13,14);1H. The average molecular weight is 259 g/mol. The van der Waals surface area contributed by atoms with Crippen LogP contribution in [-0.4, -0.2) is 40.6 Å². The molecule has 1 aromatic rings.